The molecule has 0 saturated heterocycles. The molecule has 0 radical (unpaired) electrons. The van der Waals surface area contributed by atoms with Gasteiger partial charge in [0.25, 0.3) is 5.91 Å². The minimum absolute atomic E-state index is 0.104. The molecule has 4 nitrogen and oxygen atoms in total. The van der Waals surface area contributed by atoms with Crippen LogP contribution in [0, 0.1) is 13.8 Å². The fraction of sp³-hybridized carbons (Fsp3) is 0.143. The Morgan fingerprint density at radius 3 is 2.63 bits per heavy atom. The van der Waals surface area contributed by atoms with Gasteiger partial charge in [-0.1, -0.05) is 6.07 Å². The number of rotatable bonds is 2. The van der Waals surface area contributed by atoms with E-state index in [1.807, 2.05) is 6.92 Å². The molecule has 19 heavy (non-hydrogen) atoms. The number of amides is 1. The van der Waals surface area contributed by atoms with Crippen LogP contribution in [0.1, 0.15) is 21.5 Å². The zero-order valence-corrected chi connectivity index (χ0v) is 12.2. The number of aryl methyl sites for hydroxylation is 2. The van der Waals surface area contributed by atoms with E-state index in [0.29, 0.717) is 11.4 Å². The minimum atomic E-state index is -0.301. The predicted octanol–water partition coefficient (Wildman–Crippen LogP) is 3.42. The summed E-state index contributed by atoms with van der Waals surface area (Å²) in [6, 6.07) is 6.58. The molecule has 1 aromatic heterocycles. The Morgan fingerprint density at radius 2 is 2.00 bits per heavy atom. The van der Waals surface area contributed by atoms with Gasteiger partial charge in [-0.15, -0.1) is 0 Å². The molecule has 0 fully saturated rings. The third-order valence-corrected chi connectivity index (χ3v) is 3.59. The molecule has 0 atom stereocenters. The molecule has 0 aliphatic heterocycles. The second-order valence-electron chi connectivity index (χ2n) is 4.27. The summed E-state index contributed by atoms with van der Waals surface area (Å²) >= 11 is 3.35. The minimum Gasteiger partial charge on any atom is -0.508 e. The Bertz CT molecular complexity index is 641. The lowest BCUT2D eigenvalue weighted by molar-refractivity contribution is 0.102. The number of pyridine rings is 1. The molecular formula is C14H13BrN2O2. The summed E-state index contributed by atoms with van der Waals surface area (Å²) in [5.41, 5.74) is 2.11. The molecule has 2 rings (SSSR count). The number of phenols is 1. The van der Waals surface area contributed by atoms with Crippen LogP contribution in [0.3, 0.4) is 0 Å². The van der Waals surface area contributed by atoms with Gasteiger partial charge >= 0.3 is 0 Å². The number of benzene rings is 1. The summed E-state index contributed by atoms with van der Waals surface area (Å²) in [4.78, 5) is 16.1. The molecule has 1 heterocycles. The first-order valence-corrected chi connectivity index (χ1v) is 6.50. The predicted molar refractivity (Wildman–Crippen MR) is 77.5 cm³/mol. The van der Waals surface area contributed by atoms with Gasteiger partial charge in [0.05, 0.1) is 0 Å². The van der Waals surface area contributed by atoms with Gasteiger partial charge in [-0.2, -0.15) is 0 Å². The quantitative estimate of drug-likeness (QED) is 0.891. The van der Waals surface area contributed by atoms with Gasteiger partial charge in [0.15, 0.2) is 0 Å². The van der Waals surface area contributed by atoms with Gasteiger partial charge in [-0.25, -0.2) is 4.98 Å². The number of hydrogen-bond acceptors (Lipinski definition) is 3. The van der Waals surface area contributed by atoms with Crippen molar-refractivity contribution in [3.63, 3.8) is 0 Å². The second-order valence-corrected chi connectivity index (χ2v) is 5.13. The fourth-order valence-electron chi connectivity index (χ4n) is 1.55. The lowest BCUT2D eigenvalue weighted by Crippen LogP contribution is -2.13. The van der Waals surface area contributed by atoms with E-state index < -0.39 is 0 Å². The van der Waals surface area contributed by atoms with Crippen molar-refractivity contribution in [2.24, 2.45) is 0 Å². The molecule has 0 bridgehead atoms. The number of nitrogens with zero attached hydrogens (tertiary/aromatic N) is 1. The number of nitrogens with one attached hydrogen (secondary N) is 1. The summed E-state index contributed by atoms with van der Waals surface area (Å²) in [5.74, 6) is 0.280. The Hall–Kier alpha value is -1.88. The van der Waals surface area contributed by atoms with Gasteiger partial charge in [0.1, 0.15) is 11.6 Å². The number of phenolic OH excluding ortho intramolecular Hbond substituents is 1. The summed E-state index contributed by atoms with van der Waals surface area (Å²) in [7, 11) is 0. The van der Waals surface area contributed by atoms with Crippen LogP contribution in [0.15, 0.2) is 34.9 Å². The molecule has 2 N–H and O–H groups in total. The van der Waals surface area contributed by atoms with Gasteiger partial charge in [0.2, 0.25) is 0 Å². The van der Waals surface area contributed by atoms with Gasteiger partial charge in [-0.05, 0) is 59.1 Å². The normalized spacial score (nSPS) is 10.3. The van der Waals surface area contributed by atoms with Crippen molar-refractivity contribution in [2.75, 3.05) is 5.32 Å². The van der Waals surface area contributed by atoms with Crippen LogP contribution in [0.25, 0.3) is 0 Å². The summed E-state index contributed by atoms with van der Waals surface area (Å²) in [6.07, 6.45) is 1.64. The van der Waals surface area contributed by atoms with E-state index in [9.17, 15) is 9.90 Å². The van der Waals surface area contributed by atoms with Crippen LogP contribution in [0.4, 0.5) is 5.82 Å². The molecule has 1 amide bonds. The van der Waals surface area contributed by atoms with Crippen molar-refractivity contribution < 1.29 is 9.90 Å². The van der Waals surface area contributed by atoms with E-state index in [1.54, 1.807) is 31.3 Å². The van der Waals surface area contributed by atoms with Crippen molar-refractivity contribution in [3.05, 3.63) is 51.6 Å². The highest BCUT2D eigenvalue weighted by molar-refractivity contribution is 9.10. The van der Waals surface area contributed by atoms with Crippen LogP contribution in [0.5, 0.6) is 5.75 Å². The third kappa shape index (κ3) is 3.12. The van der Waals surface area contributed by atoms with Crippen LogP contribution in [-0.2, 0) is 0 Å². The molecule has 98 valence electrons. The monoisotopic (exact) mass is 320 g/mol. The van der Waals surface area contributed by atoms with Gasteiger partial charge < -0.3 is 10.4 Å². The first-order chi connectivity index (χ1) is 8.97. The number of carbonyl (C=O) groups is 1. The van der Waals surface area contributed by atoms with Crippen LogP contribution >= 0.6 is 15.9 Å². The number of aromatic nitrogens is 1. The molecule has 1 aromatic carbocycles. The number of hydrogen-bond donors (Lipinski definition) is 2. The maximum Gasteiger partial charge on any atom is 0.256 e. The molecule has 2 aromatic rings. The average Bonchev–Trinajstić information content (AvgIpc) is 2.37. The SMILES string of the molecule is Cc1ccc(C(=O)Nc2cc(C)c(Br)cn2)cc1O. The summed E-state index contributed by atoms with van der Waals surface area (Å²) < 4.78 is 0.887. The van der Waals surface area contributed by atoms with Crippen LogP contribution < -0.4 is 5.32 Å². The molecule has 0 unspecified atom stereocenters. The molecule has 0 saturated carbocycles. The fourth-order valence-corrected chi connectivity index (χ4v) is 1.76. The van der Waals surface area contributed by atoms with Crippen LogP contribution in [-0.4, -0.2) is 16.0 Å². The highest BCUT2D eigenvalue weighted by Gasteiger charge is 2.09. The van der Waals surface area contributed by atoms with Crippen molar-refractivity contribution in [2.45, 2.75) is 13.8 Å². The van der Waals surface area contributed by atoms with E-state index in [4.69, 9.17) is 0 Å². The highest BCUT2D eigenvalue weighted by atomic mass is 79.9. The maximum absolute atomic E-state index is 12.0. The zero-order valence-electron chi connectivity index (χ0n) is 10.6. The Balaban J connectivity index is 2.20. The topological polar surface area (TPSA) is 62.2 Å². The van der Waals surface area contributed by atoms with Gasteiger partial charge in [0, 0.05) is 16.2 Å². The molecule has 0 aliphatic rings. The number of carbonyl (C=O) groups excluding carboxylic acids is 1. The van der Waals surface area contributed by atoms with E-state index in [2.05, 4.69) is 26.2 Å². The van der Waals surface area contributed by atoms with Gasteiger partial charge in [-0.3, -0.25) is 4.79 Å². The highest BCUT2D eigenvalue weighted by Crippen LogP contribution is 2.20. The van der Waals surface area contributed by atoms with Crippen molar-refractivity contribution in [1.82, 2.24) is 4.98 Å². The Morgan fingerprint density at radius 1 is 1.26 bits per heavy atom. The lowest BCUT2D eigenvalue weighted by atomic mass is 10.1. The molecule has 0 spiro atoms. The standard InChI is InChI=1S/C14H13BrN2O2/c1-8-3-4-10(6-12(8)18)14(19)17-13-5-9(2)11(15)7-16-13/h3-7,18H,1-2H3,(H,16,17,19). The van der Waals surface area contributed by atoms with E-state index >= 15 is 0 Å². The van der Waals surface area contributed by atoms with E-state index in [-0.39, 0.29) is 11.7 Å². The van der Waals surface area contributed by atoms with Crippen molar-refractivity contribution in [3.8, 4) is 5.75 Å². The summed E-state index contributed by atoms with van der Waals surface area (Å²) in [5, 5.41) is 12.3. The number of aromatic hydroxyl groups is 1. The first kappa shape index (κ1) is 13.5. The van der Waals surface area contributed by atoms with E-state index in [0.717, 1.165) is 15.6 Å². The van der Waals surface area contributed by atoms with Crippen molar-refractivity contribution >= 4 is 27.7 Å². The molecule has 5 heteroatoms. The van der Waals surface area contributed by atoms with Crippen LogP contribution in [0.2, 0.25) is 0 Å². The third-order valence-electron chi connectivity index (χ3n) is 2.76. The first-order valence-electron chi connectivity index (χ1n) is 5.70. The molecular weight excluding hydrogens is 308 g/mol. The molecule has 0 aliphatic carbocycles. The number of halogens is 1. The zero-order chi connectivity index (χ0) is 14.0. The lowest BCUT2D eigenvalue weighted by Gasteiger charge is -2.07. The average molecular weight is 321 g/mol. The smallest absolute Gasteiger partial charge is 0.256 e. The van der Waals surface area contributed by atoms with E-state index in [1.165, 1.54) is 6.07 Å². The summed E-state index contributed by atoms with van der Waals surface area (Å²) in [6.45, 7) is 3.69. The largest absolute Gasteiger partial charge is 0.508 e. The Labute approximate surface area is 119 Å². The number of anilines is 1. The van der Waals surface area contributed by atoms with Crippen molar-refractivity contribution in [1.29, 1.82) is 0 Å². The maximum atomic E-state index is 12.0. The Kier molecular flexibility index (Phi) is 3.85. The second kappa shape index (κ2) is 5.40.